The summed E-state index contributed by atoms with van der Waals surface area (Å²) in [6.07, 6.45) is 3.92. The Balaban J connectivity index is 2.20. The molecule has 0 saturated heterocycles. The van der Waals surface area contributed by atoms with Gasteiger partial charge in [-0.3, -0.25) is 4.79 Å². The van der Waals surface area contributed by atoms with Crippen LogP contribution in [-0.4, -0.2) is 22.4 Å². The highest BCUT2D eigenvalue weighted by Crippen LogP contribution is 2.20. The summed E-state index contributed by atoms with van der Waals surface area (Å²) in [4.78, 5) is 12.1. The van der Waals surface area contributed by atoms with E-state index in [0.29, 0.717) is 12.5 Å². The molecule has 0 aliphatic heterocycles. The van der Waals surface area contributed by atoms with Crippen molar-refractivity contribution in [3.63, 3.8) is 0 Å². The second-order valence-corrected chi connectivity index (χ2v) is 6.36. The van der Waals surface area contributed by atoms with Gasteiger partial charge >= 0.3 is 0 Å². The Kier molecular flexibility index (Phi) is 7.26. The molecule has 0 N–H and O–H groups in total. The number of hydrogen-bond acceptors (Lipinski definition) is 2. The molecule has 1 aromatic carbocycles. The van der Waals surface area contributed by atoms with Gasteiger partial charge in [0.05, 0.1) is 12.1 Å². The summed E-state index contributed by atoms with van der Waals surface area (Å²) >= 11 is 9.09. The molecule has 22 heavy (non-hydrogen) atoms. The van der Waals surface area contributed by atoms with Gasteiger partial charge in [0, 0.05) is 29.9 Å². The van der Waals surface area contributed by atoms with E-state index in [-0.39, 0.29) is 5.56 Å². The summed E-state index contributed by atoms with van der Waals surface area (Å²) in [6, 6.07) is 9.43. The van der Waals surface area contributed by atoms with Crippen molar-refractivity contribution in [1.82, 2.24) is 4.57 Å². The number of aryl methyl sites for hydroxylation is 1. The molecule has 0 fully saturated rings. The minimum atomic E-state index is 0.0429. The topological polar surface area (TPSA) is 31.2 Å². The van der Waals surface area contributed by atoms with Gasteiger partial charge < -0.3 is 9.30 Å². The third-order valence-electron chi connectivity index (χ3n) is 3.53. The van der Waals surface area contributed by atoms with Gasteiger partial charge in [-0.25, -0.2) is 0 Å². The molecule has 1 heterocycles. The van der Waals surface area contributed by atoms with Crippen LogP contribution in [0, 0.1) is 0 Å². The molecule has 0 saturated carbocycles. The molecule has 0 unspecified atom stereocenters. The van der Waals surface area contributed by atoms with Crippen LogP contribution in [-0.2, 0) is 6.54 Å². The van der Waals surface area contributed by atoms with E-state index < -0.39 is 0 Å². The van der Waals surface area contributed by atoms with E-state index in [9.17, 15) is 4.79 Å². The van der Waals surface area contributed by atoms with E-state index in [1.807, 2.05) is 28.8 Å². The fourth-order valence-electron chi connectivity index (χ4n) is 2.34. The van der Waals surface area contributed by atoms with Crippen molar-refractivity contribution in [2.24, 2.45) is 0 Å². The number of fused-ring (bicyclic) bond motifs is 1. The summed E-state index contributed by atoms with van der Waals surface area (Å²) in [7, 11) is 0. The van der Waals surface area contributed by atoms with Crippen molar-refractivity contribution in [1.29, 1.82) is 0 Å². The van der Waals surface area contributed by atoms with E-state index in [0.717, 1.165) is 54.2 Å². The Morgan fingerprint density at radius 3 is 2.68 bits per heavy atom. The van der Waals surface area contributed by atoms with Crippen molar-refractivity contribution >= 4 is 38.4 Å². The first-order valence-corrected chi connectivity index (χ1v) is 9.30. The molecule has 0 bridgehead atoms. The van der Waals surface area contributed by atoms with Crippen LogP contribution in [0.3, 0.4) is 0 Å². The molecule has 0 aliphatic carbocycles. The van der Waals surface area contributed by atoms with Gasteiger partial charge in [-0.05, 0) is 49.3 Å². The Bertz CT molecular complexity index is 657. The van der Waals surface area contributed by atoms with Crippen molar-refractivity contribution in [2.45, 2.75) is 32.2 Å². The minimum absolute atomic E-state index is 0.0429. The zero-order chi connectivity index (χ0) is 15.8. The van der Waals surface area contributed by atoms with Crippen molar-refractivity contribution < 1.29 is 4.74 Å². The number of rotatable bonds is 9. The summed E-state index contributed by atoms with van der Waals surface area (Å²) in [5.74, 6) is 1.47. The Labute approximate surface area is 144 Å². The van der Waals surface area contributed by atoms with Crippen LogP contribution in [0.25, 0.3) is 10.9 Å². The molecule has 120 valence electrons. The zero-order valence-corrected chi connectivity index (χ0v) is 14.9. The number of pyridine rings is 1. The average molecular weight is 387 g/mol. The number of aromatic nitrogens is 1. The van der Waals surface area contributed by atoms with Crippen molar-refractivity contribution in [3.8, 4) is 5.75 Å². The third kappa shape index (κ3) is 4.75. The highest BCUT2D eigenvalue weighted by atomic mass is 79.9. The van der Waals surface area contributed by atoms with Gasteiger partial charge in [-0.1, -0.05) is 15.9 Å². The first-order valence-electron chi connectivity index (χ1n) is 7.64. The molecule has 5 heteroatoms. The highest BCUT2D eigenvalue weighted by molar-refractivity contribution is 9.09. The number of ether oxygens (including phenoxy) is 1. The lowest BCUT2D eigenvalue weighted by atomic mass is 10.2. The highest BCUT2D eigenvalue weighted by Gasteiger charge is 2.05. The van der Waals surface area contributed by atoms with Crippen LogP contribution in [0.1, 0.15) is 25.7 Å². The van der Waals surface area contributed by atoms with Crippen LogP contribution in [0.2, 0.25) is 0 Å². The smallest absolute Gasteiger partial charge is 0.251 e. The Hall–Kier alpha value is -1.000. The van der Waals surface area contributed by atoms with Gasteiger partial charge in [0.25, 0.3) is 5.56 Å². The molecule has 2 rings (SSSR count). The maximum absolute atomic E-state index is 12.1. The lowest BCUT2D eigenvalue weighted by Gasteiger charge is -2.12. The number of benzene rings is 1. The SMILES string of the molecule is O=c1ccc2ccc(OCCCCCl)cc2n1CCCCBr. The molecular weight excluding hydrogens is 366 g/mol. The van der Waals surface area contributed by atoms with Gasteiger partial charge in [-0.2, -0.15) is 0 Å². The van der Waals surface area contributed by atoms with Crippen LogP contribution in [0.15, 0.2) is 35.1 Å². The minimum Gasteiger partial charge on any atom is -0.494 e. The number of hydrogen-bond donors (Lipinski definition) is 0. The van der Waals surface area contributed by atoms with Gasteiger partial charge in [0.2, 0.25) is 0 Å². The normalized spacial score (nSPS) is 11.0. The van der Waals surface area contributed by atoms with Crippen LogP contribution < -0.4 is 10.3 Å². The van der Waals surface area contributed by atoms with Gasteiger partial charge in [0.1, 0.15) is 5.75 Å². The zero-order valence-electron chi connectivity index (χ0n) is 12.6. The fourth-order valence-corrected chi connectivity index (χ4v) is 2.92. The molecule has 0 radical (unpaired) electrons. The van der Waals surface area contributed by atoms with Gasteiger partial charge in [-0.15, -0.1) is 11.6 Å². The van der Waals surface area contributed by atoms with E-state index in [1.54, 1.807) is 6.07 Å². The third-order valence-corrected chi connectivity index (χ3v) is 4.35. The first kappa shape index (κ1) is 17.4. The maximum atomic E-state index is 12.1. The molecule has 0 spiro atoms. The molecule has 0 amide bonds. The molecule has 0 atom stereocenters. The molecular formula is C17H21BrClNO2. The Morgan fingerprint density at radius 1 is 1.09 bits per heavy atom. The van der Waals surface area contributed by atoms with E-state index in [2.05, 4.69) is 15.9 Å². The summed E-state index contributed by atoms with van der Waals surface area (Å²) in [5.41, 5.74) is 0.985. The van der Waals surface area contributed by atoms with Gasteiger partial charge in [0.15, 0.2) is 0 Å². The quantitative estimate of drug-likeness (QED) is 0.467. The second kappa shape index (κ2) is 9.21. The van der Waals surface area contributed by atoms with Crippen molar-refractivity contribution in [2.75, 3.05) is 17.8 Å². The van der Waals surface area contributed by atoms with E-state index in [4.69, 9.17) is 16.3 Å². The summed E-state index contributed by atoms with van der Waals surface area (Å²) in [6.45, 7) is 1.39. The van der Waals surface area contributed by atoms with Crippen LogP contribution in [0.4, 0.5) is 0 Å². The lowest BCUT2D eigenvalue weighted by Crippen LogP contribution is -2.19. The lowest BCUT2D eigenvalue weighted by molar-refractivity contribution is 0.310. The molecule has 0 aliphatic rings. The number of nitrogens with zero attached hydrogens (tertiary/aromatic N) is 1. The molecule has 1 aromatic heterocycles. The van der Waals surface area contributed by atoms with Crippen LogP contribution >= 0.6 is 27.5 Å². The fraction of sp³-hybridized carbons (Fsp3) is 0.471. The number of unbranched alkanes of at least 4 members (excludes halogenated alkanes) is 2. The Morgan fingerprint density at radius 2 is 1.91 bits per heavy atom. The van der Waals surface area contributed by atoms with E-state index >= 15 is 0 Å². The predicted octanol–water partition coefficient (Wildman–Crippen LogP) is 4.57. The monoisotopic (exact) mass is 385 g/mol. The summed E-state index contributed by atoms with van der Waals surface area (Å²) in [5, 5.41) is 2.02. The van der Waals surface area contributed by atoms with Crippen LogP contribution in [0.5, 0.6) is 5.75 Å². The van der Waals surface area contributed by atoms with E-state index in [1.165, 1.54) is 0 Å². The first-order chi connectivity index (χ1) is 10.8. The predicted molar refractivity (Wildman–Crippen MR) is 96.7 cm³/mol. The molecule has 2 aromatic rings. The largest absolute Gasteiger partial charge is 0.494 e. The van der Waals surface area contributed by atoms with Crippen molar-refractivity contribution in [3.05, 3.63) is 40.7 Å². The standard InChI is InChI=1S/C17H21BrClNO2/c18-9-1-3-11-20-16-13-15(22-12-4-2-10-19)7-5-14(16)6-8-17(20)21/h5-8,13H,1-4,9-12H2. The summed E-state index contributed by atoms with van der Waals surface area (Å²) < 4.78 is 7.59. The second-order valence-electron chi connectivity index (χ2n) is 5.18. The number of halogens is 2. The molecule has 3 nitrogen and oxygen atoms in total. The number of alkyl halides is 2. The maximum Gasteiger partial charge on any atom is 0.251 e. The average Bonchev–Trinajstić information content (AvgIpc) is 2.54.